The second-order valence-electron chi connectivity index (χ2n) is 5.19. The molecule has 1 atom stereocenters. The molecule has 2 amide bonds. The van der Waals surface area contributed by atoms with E-state index in [1.165, 1.54) is 20.0 Å². The van der Waals surface area contributed by atoms with Gasteiger partial charge in [-0.3, -0.25) is 0 Å². The van der Waals surface area contributed by atoms with Gasteiger partial charge in [0.2, 0.25) is 0 Å². The van der Waals surface area contributed by atoms with Gasteiger partial charge in [-0.15, -0.1) is 0 Å². The van der Waals surface area contributed by atoms with Gasteiger partial charge in [-0.05, 0) is 18.3 Å². The van der Waals surface area contributed by atoms with E-state index in [0.29, 0.717) is 6.54 Å². The molecule has 0 bridgehead atoms. The molecule has 0 spiro atoms. The molecule has 0 radical (unpaired) electrons. The highest BCUT2D eigenvalue weighted by Gasteiger charge is 2.29. The molecule has 1 rings (SSSR count). The van der Waals surface area contributed by atoms with Gasteiger partial charge < -0.3 is 20.5 Å². The number of carbonyl (C=O) groups excluding carboxylic acids is 1. The minimum atomic E-state index is -1.10. The molecule has 6 nitrogen and oxygen atoms in total. The lowest BCUT2D eigenvalue weighted by atomic mass is 9.89. The Bertz CT molecular complexity index is 300. The number of amides is 2. The first-order valence-electron chi connectivity index (χ1n) is 6.23. The van der Waals surface area contributed by atoms with Crippen LogP contribution in [0, 0.1) is 5.41 Å². The van der Waals surface area contributed by atoms with Gasteiger partial charge in [0.1, 0.15) is 0 Å². The average Bonchev–Trinajstić information content (AvgIpc) is 2.73. The van der Waals surface area contributed by atoms with Crippen LogP contribution < -0.4 is 10.6 Å². The summed E-state index contributed by atoms with van der Waals surface area (Å²) in [5.74, 6) is -1.10. The number of carboxylic acid groups (broad SMARTS) is 1. The van der Waals surface area contributed by atoms with E-state index >= 15 is 0 Å². The fourth-order valence-electron chi connectivity index (χ4n) is 2.25. The fourth-order valence-corrected chi connectivity index (χ4v) is 2.25. The Morgan fingerprint density at radius 2 is 2.00 bits per heavy atom. The van der Waals surface area contributed by atoms with E-state index in [-0.39, 0.29) is 12.0 Å². The van der Waals surface area contributed by atoms with Crippen molar-refractivity contribution >= 4 is 12.0 Å². The molecule has 18 heavy (non-hydrogen) atoms. The van der Waals surface area contributed by atoms with Crippen LogP contribution in [0.25, 0.3) is 0 Å². The molecule has 104 valence electrons. The molecular formula is C12H22N2O4. The van der Waals surface area contributed by atoms with Crippen LogP contribution in [0.5, 0.6) is 0 Å². The summed E-state index contributed by atoms with van der Waals surface area (Å²) in [5, 5.41) is 14.0. The Morgan fingerprint density at radius 1 is 1.39 bits per heavy atom. The van der Waals surface area contributed by atoms with Gasteiger partial charge in [-0.1, -0.05) is 19.8 Å². The van der Waals surface area contributed by atoms with Crippen molar-refractivity contribution in [3.05, 3.63) is 0 Å². The number of carbonyl (C=O) groups is 2. The van der Waals surface area contributed by atoms with Crippen LogP contribution in [0.2, 0.25) is 0 Å². The van der Waals surface area contributed by atoms with Crippen molar-refractivity contribution in [2.24, 2.45) is 5.41 Å². The lowest BCUT2D eigenvalue weighted by Gasteiger charge is -2.24. The summed E-state index contributed by atoms with van der Waals surface area (Å²) in [6.45, 7) is 2.68. The number of hydrogen-bond donors (Lipinski definition) is 3. The minimum absolute atomic E-state index is 0.0416. The summed E-state index contributed by atoms with van der Waals surface area (Å²) in [5.41, 5.74) is 0.150. The van der Waals surface area contributed by atoms with Crippen LogP contribution in [-0.2, 0) is 9.53 Å². The number of methoxy groups -OCH3 is 1. The summed E-state index contributed by atoms with van der Waals surface area (Å²) >= 11 is 0. The maximum absolute atomic E-state index is 11.6. The summed E-state index contributed by atoms with van der Waals surface area (Å²) in [6.07, 6.45) is 4.60. The van der Waals surface area contributed by atoms with E-state index in [1.54, 1.807) is 0 Å². The molecule has 1 saturated carbocycles. The van der Waals surface area contributed by atoms with Gasteiger partial charge in [0.25, 0.3) is 0 Å². The average molecular weight is 258 g/mol. The molecule has 0 heterocycles. The van der Waals surface area contributed by atoms with Crippen molar-refractivity contribution in [2.75, 3.05) is 20.3 Å². The minimum Gasteiger partial charge on any atom is -0.480 e. The zero-order chi connectivity index (χ0) is 13.6. The van der Waals surface area contributed by atoms with Crippen LogP contribution in [0.15, 0.2) is 0 Å². The van der Waals surface area contributed by atoms with E-state index in [9.17, 15) is 9.59 Å². The molecule has 0 aromatic carbocycles. The van der Waals surface area contributed by atoms with Crippen molar-refractivity contribution in [2.45, 2.75) is 38.6 Å². The highest BCUT2D eigenvalue weighted by molar-refractivity contribution is 5.82. The summed E-state index contributed by atoms with van der Waals surface area (Å²) in [4.78, 5) is 22.4. The first-order chi connectivity index (χ1) is 8.47. The molecule has 0 aromatic rings. The van der Waals surface area contributed by atoms with Crippen molar-refractivity contribution in [1.82, 2.24) is 10.6 Å². The zero-order valence-electron chi connectivity index (χ0n) is 11.0. The maximum atomic E-state index is 11.6. The Hall–Kier alpha value is -1.30. The highest BCUT2D eigenvalue weighted by Crippen LogP contribution is 2.36. The number of aliphatic carboxylic acids is 1. The van der Waals surface area contributed by atoms with E-state index < -0.39 is 18.0 Å². The van der Waals surface area contributed by atoms with E-state index in [2.05, 4.69) is 17.6 Å². The molecule has 6 heteroatoms. The normalized spacial score (nSPS) is 19.2. The topological polar surface area (TPSA) is 87.7 Å². The summed E-state index contributed by atoms with van der Waals surface area (Å²) in [6, 6.07) is -1.46. The molecule has 0 aromatic heterocycles. The zero-order valence-corrected chi connectivity index (χ0v) is 11.0. The molecule has 1 unspecified atom stereocenters. The number of rotatable bonds is 6. The number of hydrogen-bond acceptors (Lipinski definition) is 3. The Balaban J connectivity index is 2.33. The van der Waals surface area contributed by atoms with Gasteiger partial charge in [-0.25, -0.2) is 9.59 Å². The van der Waals surface area contributed by atoms with Crippen molar-refractivity contribution in [1.29, 1.82) is 0 Å². The van der Waals surface area contributed by atoms with Crippen LogP contribution in [0.3, 0.4) is 0 Å². The van der Waals surface area contributed by atoms with Crippen molar-refractivity contribution in [3.8, 4) is 0 Å². The highest BCUT2D eigenvalue weighted by atomic mass is 16.5. The van der Waals surface area contributed by atoms with Crippen LogP contribution in [-0.4, -0.2) is 43.4 Å². The largest absolute Gasteiger partial charge is 0.480 e. The number of nitrogens with one attached hydrogen (secondary N) is 2. The van der Waals surface area contributed by atoms with Gasteiger partial charge >= 0.3 is 12.0 Å². The molecule has 1 aliphatic carbocycles. The van der Waals surface area contributed by atoms with Crippen molar-refractivity contribution < 1.29 is 19.4 Å². The second-order valence-corrected chi connectivity index (χ2v) is 5.19. The van der Waals surface area contributed by atoms with Crippen LogP contribution >= 0.6 is 0 Å². The monoisotopic (exact) mass is 258 g/mol. The van der Waals surface area contributed by atoms with Crippen LogP contribution in [0.4, 0.5) is 4.79 Å². The number of carboxylic acids is 1. The molecule has 0 aliphatic heterocycles. The van der Waals surface area contributed by atoms with E-state index in [1.807, 2.05) is 0 Å². The quantitative estimate of drug-likeness (QED) is 0.662. The molecule has 1 fully saturated rings. The van der Waals surface area contributed by atoms with Gasteiger partial charge in [-0.2, -0.15) is 0 Å². The third kappa shape index (κ3) is 4.52. The molecular weight excluding hydrogens is 236 g/mol. The molecule has 0 saturated heterocycles. The second kappa shape index (κ2) is 6.58. The SMILES string of the molecule is COCC(NC(=O)NCC1(C)CCCC1)C(=O)O. The Morgan fingerprint density at radius 3 is 2.50 bits per heavy atom. The first kappa shape index (κ1) is 14.8. The first-order valence-corrected chi connectivity index (χ1v) is 6.23. The van der Waals surface area contributed by atoms with E-state index in [4.69, 9.17) is 9.84 Å². The Labute approximate surface area is 107 Å². The molecule has 1 aliphatic rings. The van der Waals surface area contributed by atoms with Crippen molar-refractivity contribution in [3.63, 3.8) is 0 Å². The van der Waals surface area contributed by atoms with Gasteiger partial charge in [0.15, 0.2) is 6.04 Å². The van der Waals surface area contributed by atoms with Crippen LogP contribution in [0.1, 0.15) is 32.6 Å². The van der Waals surface area contributed by atoms with Gasteiger partial charge in [0.05, 0.1) is 6.61 Å². The lowest BCUT2D eigenvalue weighted by Crippen LogP contribution is -2.49. The smallest absolute Gasteiger partial charge is 0.328 e. The predicted octanol–water partition coefficient (Wildman–Crippen LogP) is 0.965. The van der Waals surface area contributed by atoms with Gasteiger partial charge in [0, 0.05) is 13.7 Å². The number of ether oxygens (including phenoxy) is 1. The number of urea groups is 1. The predicted molar refractivity (Wildman–Crippen MR) is 66.4 cm³/mol. The maximum Gasteiger partial charge on any atom is 0.328 e. The Kier molecular flexibility index (Phi) is 5.40. The summed E-state index contributed by atoms with van der Waals surface area (Å²) in [7, 11) is 1.40. The third-order valence-electron chi connectivity index (χ3n) is 3.42. The fraction of sp³-hybridized carbons (Fsp3) is 0.833. The lowest BCUT2D eigenvalue weighted by molar-refractivity contribution is -0.140. The summed E-state index contributed by atoms with van der Waals surface area (Å²) < 4.78 is 4.74. The third-order valence-corrected chi connectivity index (χ3v) is 3.42. The molecule has 3 N–H and O–H groups in total. The van der Waals surface area contributed by atoms with E-state index in [0.717, 1.165) is 12.8 Å². The standard InChI is InChI=1S/C12H22N2O4/c1-12(5-3-4-6-12)8-13-11(17)14-9(7-18-2)10(15)16/h9H,3-8H2,1-2H3,(H,15,16)(H2,13,14,17).